The predicted molar refractivity (Wildman–Crippen MR) is 47.1 cm³/mol. The van der Waals surface area contributed by atoms with E-state index in [0.717, 1.165) is 19.1 Å². The summed E-state index contributed by atoms with van der Waals surface area (Å²) in [5.41, 5.74) is 0. The lowest BCUT2D eigenvalue weighted by atomic mass is 9.83. The van der Waals surface area contributed by atoms with Gasteiger partial charge in [-0.1, -0.05) is 13.3 Å². The molecular weight excluding hydrogens is 152 g/mol. The second-order valence-electron chi connectivity index (χ2n) is 3.91. The van der Waals surface area contributed by atoms with Crippen LogP contribution in [-0.2, 0) is 9.47 Å². The summed E-state index contributed by atoms with van der Waals surface area (Å²) in [6, 6.07) is 0. The summed E-state index contributed by atoms with van der Waals surface area (Å²) in [4.78, 5) is 0. The van der Waals surface area contributed by atoms with Crippen molar-refractivity contribution in [1.29, 1.82) is 0 Å². The molecule has 2 nitrogen and oxygen atoms in total. The van der Waals surface area contributed by atoms with E-state index in [4.69, 9.17) is 9.47 Å². The van der Waals surface area contributed by atoms with Gasteiger partial charge >= 0.3 is 0 Å². The molecule has 0 aromatic heterocycles. The van der Waals surface area contributed by atoms with E-state index in [-0.39, 0.29) is 0 Å². The zero-order valence-corrected chi connectivity index (χ0v) is 7.79. The van der Waals surface area contributed by atoms with Crippen LogP contribution in [0.4, 0.5) is 0 Å². The van der Waals surface area contributed by atoms with Crippen LogP contribution in [0.15, 0.2) is 0 Å². The van der Waals surface area contributed by atoms with Crippen LogP contribution >= 0.6 is 0 Å². The van der Waals surface area contributed by atoms with Crippen molar-refractivity contribution in [2.24, 2.45) is 5.92 Å². The monoisotopic (exact) mass is 170 g/mol. The summed E-state index contributed by atoms with van der Waals surface area (Å²) in [7, 11) is 0. The minimum atomic E-state index is 0.414. The third kappa shape index (κ3) is 1.64. The molecule has 1 saturated heterocycles. The molecule has 0 N–H and O–H groups in total. The van der Waals surface area contributed by atoms with Gasteiger partial charge in [0.25, 0.3) is 0 Å². The molecule has 0 aromatic rings. The Bertz CT molecular complexity index is 147. The minimum Gasteiger partial charge on any atom is -0.373 e. The van der Waals surface area contributed by atoms with E-state index < -0.39 is 0 Å². The van der Waals surface area contributed by atoms with E-state index in [0.29, 0.717) is 12.2 Å². The second-order valence-corrected chi connectivity index (χ2v) is 3.91. The van der Waals surface area contributed by atoms with E-state index in [2.05, 4.69) is 6.92 Å². The van der Waals surface area contributed by atoms with Gasteiger partial charge in [0, 0.05) is 0 Å². The quantitative estimate of drug-likeness (QED) is 0.599. The first kappa shape index (κ1) is 8.52. The Balaban J connectivity index is 1.90. The Morgan fingerprint density at radius 3 is 2.58 bits per heavy atom. The maximum atomic E-state index is 5.69. The molecule has 2 unspecified atom stereocenters. The molecule has 0 radical (unpaired) electrons. The van der Waals surface area contributed by atoms with Crippen LogP contribution in [0.2, 0.25) is 0 Å². The zero-order chi connectivity index (χ0) is 8.39. The van der Waals surface area contributed by atoms with Crippen molar-refractivity contribution in [3.05, 3.63) is 0 Å². The van der Waals surface area contributed by atoms with Gasteiger partial charge in [-0.15, -0.1) is 0 Å². The summed E-state index contributed by atoms with van der Waals surface area (Å²) < 4.78 is 11.3. The zero-order valence-electron chi connectivity index (χ0n) is 7.79. The Hall–Kier alpha value is -0.0800. The van der Waals surface area contributed by atoms with Crippen molar-refractivity contribution < 1.29 is 9.47 Å². The fourth-order valence-corrected chi connectivity index (χ4v) is 2.32. The smallest absolute Gasteiger partial charge is 0.0840 e. The van der Waals surface area contributed by atoms with E-state index in [1.165, 1.54) is 25.7 Å². The number of fused-ring (bicyclic) bond motifs is 1. The molecule has 0 bridgehead atoms. The third-order valence-electron chi connectivity index (χ3n) is 3.16. The average molecular weight is 170 g/mol. The standard InChI is InChI=1S/C10H18O2/c1-2-8-3-4-9-10(7-8)12-6-5-11-9/h8-10H,2-7H2,1H3/t8?,9?,10-/m0/s1. The molecule has 3 atom stereocenters. The van der Waals surface area contributed by atoms with Crippen LogP contribution in [0.1, 0.15) is 32.6 Å². The normalized spacial score (nSPS) is 42.2. The van der Waals surface area contributed by atoms with Gasteiger partial charge < -0.3 is 9.47 Å². The molecule has 0 amide bonds. The summed E-state index contributed by atoms with van der Waals surface area (Å²) >= 11 is 0. The van der Waals surface area contributed by atoms with E-state index in [1.807, 2.05) is 0 Å². The highest BCUT2D eigenvalue weighted by Gasteiger charge is 2.33. The Morgan fingerprint density at radius 2 is 1.83 bits per heavy atom. The van der Waals surface area contributed by atoms with Gasteiger partial charge in [-0.25, -0.2) is 0 Å². The molecular formula is C10H18O2. The molecule has 2 heteroatoms. The van der Waals surface area contributed by atoms with Gasteiger partial charge in [0.2, 0.25) is 0 Å². The summed E-state index contributed by atoms with van der Waals surface area (Å²) in [6.07, 6.45) is 5.90. The van der Waals surface area contributed by atoms with E-state index in [1.54, 1.807) is 0 Å². The molecule has 1 aliphatic heterocycles. The Kier molecular flexibility index (Phi) is 2.66. The number of hydrogen-bond donors (Lipinski definition) is 0. The molecule has 12 heavy (non-hydrogen) atoms. The summed E-state index contributed by atoms with van der Waals surface area (Å²) in [5.74, 6) is 0.882. The third-order valence-corrected chi connectivity index (χ3v) is 3.16. The van der Waals surface area contributed by atoms with Crippen molar-refractivity contribution >= 4 is 0 Å². The van der Waals surface area contributed by atoms with Crippen LogP contribution in [0.5, 0.6) is 0 Å². The minimum absolute atomic E-state index is 0.414. The van der Waals surface area contributed by atoms with Crippen LogP contribution in [0, 0.1) is 5.92 Å². The largest absolute Gasteiger partial charge is 0.373 e. The Morgan fingerprint density at radius 1 is 1.08 bits per heavy atom. The van der Waals surface area contributed by atoms with E-state index >= 15 is 0 Å². The molecule has 1 aliphatic carbocycles. The molecule has 0 aromatic carbocycles. The molecule has 1 heterocycles. The molecule has 1 saturated carbocycles. The maximum absolute atomic E-state index is 5.69. The van der Waals surface area contributed by atoms with Gasteiger partial charge in [-0.3, -0.25) is 0 Å². The average Bonchev–Trinajstić information content (AvgIpc) is 2.17. The van der Waals surface area contributed by atoms with Gasteiger partial charge in [0.1, 0.15) is 0 Å². The van der Waals surface area contributed by atoms with Crippen molar-refractivity contribution in [1.82, 2.24) is 0 Å². The summed E-state index contributed by atoms with van der Waals surface area (Å²) in [5, 5.41) is 0. The van der Waals surface area contributed by atoms with Crippen molar-refractivity contribution in [3.63, 3.8) is 0 Å². The SMILES string of the molecule is CCC1CCC2OCCO[C@H]2C1. The lowest BCUT2D eigenvalue weighted by molar-refractivity contribution is -0.161. The molecule has 2 aliphatic rings. The van der Waals surface area contributed by atoms with Gasteiger partial charge in [-0.05, 0) is 25.2 Å². The van der Waals surface area contributed by atoms with Crippen LogP contribution in [0.25, 0.3) is 0 Å². The highest BCUT2D eigenvalue weighted by Crippen LogP contribution is 2.31. The lowest BCUT2D eigenvalue weighted by Crippen LogP contribution is -2.42. The highest BCUT2D eigenvalue weighted by atomic mass is 16.6. The first-order valence-corrected chi connectivity index (χ1v) is 5.13. The highest BCUT2D eigenvalue weighted by molar-refractivity contribution is 4.82. The van der Waals surface area contributed by atoms with Crippen LogP contribution in [-0.4, -0.2) is 25.4 Å². The van der Waals surface area contributed by atoms with Crippen molar-refractivity contribution in [2.75, 3.05) is 13.2 Å². The number of rotatable bonds is 1. The van der Waals surface area contributed by atoms with Gasteiger partial charge in [0.05, 0.1) is 25.4 Å². The topological polar surface area (TPSA) is 18.5 Å². The van der Waals surface area contributed by atoms with E-state index in [9.17, 15) is 0 Å². The van der Waals surface area contributed by atoms with Gasteiger partial charge in [0.15, 0.2) is 0 Å². The lowest BCUT2D eigenvalue weighted by Gasteiger charge is -2.38. The molecule has 2 rings (SSSR count). The molecule has 70 valence electrons. The molecule has 0 spiro atoms. The molecule has 2 fully saturated rings. The Labute approximate surface area is 74.2 Å². The van der Waals surface area contributed by atoms with Gasteiger partial charge in [-0.2, -0.15) is 0 Å². The number of ether oxygens (including phenoxy) is 2. The maximum Gasteiger partial charge on any atom is 0.0840 e. The van der Waals surface area contributed by atoms with Crippen molar-refractivity contribution in [2.45, 2.75) is 44.8 Å². The fraction of sp³-hybridized carbons (Fsp3) is 1.00. The van der Waals surface area contributed by atoms with Crippen molar-refractivity contribution in [3.8, 4) is 0 Å². The first-order valence-electron chi connectivity index (χ1n) is 5.13. The van der Waals surface area contributed by atoms with Crippen LogP contribution in [0.3, 0.4) is 0 Å². The summed E-state index contributed by atoms with van der Waals surface area (Å²) in [6.45, 7) is 3.88. The fourth-order valence-electron chi connectivity index (χ4n) is 2.32. The second kappa shape index (κ2) is 3.75. The van der Waals surface area contributed by atoms with Crippen LogP contribution < -0.4 is 0 Å². The number of hydrogen-bond acceptors (Lipinski definition) is 2. The first-order chi connectivity index (χ1) is 5.90. The predicted octanol–water partition coefficient (Wildman–Crippen LogP) is 1.98.